The van der Waals surface area contributed by atoms with Gasteiger partial charge in [-0.15, -0.1) is 0 Å². The van der Waals surface area contributed by atoms with Crippen LogP contribution in [-0.2, 0) is 9.53 Å². The van der Waals surface area contributed by atoms with Crippen LogP contribution in [0.5, 0.6) is 0 Å². The average Bonchev–Trinajstić information content (AvgIpc) is 2.17. The minimum Gasteiger partial charge on any atom is -0.444 e. The van der Waals surface area contributed by atoms with E-state index in [0.717, 1.165) is 6.42 Å². The summed E-state index contributed by atoms with van der Waals surface area (Å²) in [6.45, 7) is 10.7. The first-order valence-electron chi connectivity index (χ1n) is 6.66. The minimum atomic E-state index is -0.448. The molecule has 18 heavy (non-hydrogen) atoms. The Morgan fingerprint density at radius 3 is 2.39 bits per heavy atom. The predicted molar refractivity (Wildman–Crippen MR) is 70.4 cm³/mol. The van der Waals surface area contributed by atoms with Crippen molar-refractivity contribution in [1.29, 1.82) is 0 Å². The van der Waals surface area contributed by atoms with Crippen molar-refractivity contribution in [2.24, 2.45) is 11.8 Å². The van der Waals surface area contributed by atoms with E-state index >= 15 is 0 Å². The normalized spacial score (nSPS) is 24.8. The average molecular weight is 255 g/mol. The molecule has 0 N–H and O–H groups in total. The Bertz CT molecular complexity index is 319. The molecule has 1 rings (SSSR count). The Kier molecular flexibility index (Phi) is 4.77. The Balaban J connectivity index is 2.50. The van der Waals surface area contributed by atoms with E-state index in [-0.39, 0.29) is 11.9 Å². The molecule has 1 amide bonds. The van der Waals surface area contributed by atoms with E-state index in [1.807, 2.05) is 20.8 Å². The third kappa shape index (κ3) is 4.67. The van der Waals surface area contributed by atoms with Crippen molar-refractivity contribution in [2.75, 3.05) is 13.1 Å². The van der Waals surface area contributed by atoms with Crippen molar-refractivity contribution in [3.05, 3.63) is 0 Å². The summed E-state index contributed by atoms with van der Waals surface area (Å²) in [4.78, 5) is 24.8. The van der Waals surface area contributed by atoms with Crippen LogP contribution in [0.25, 0.3) is 0 Å². The SMILES string of the molecule is CC(=O)CC1CCN(C(=O)OC(C)(C)C)CC1C. The summed E-state index contributed by atoms with van der Waals surface area (Å²) in [5.41, 5.74) is -0.448. The van der Waals surface area contributed by atoms with E-state index in [2.05, 4.69) is 6.92 Å². The van der Waals surface area contributed by atoms with Crippen LogP contribution in [0.3, 0.4) is 0 Å². The molecule has 2 atom stereocenters. The summed E-state index contributed by atoms with van der Waals surface area (Å²) in [6.07, 6.45) is 1.28. The van der Waals surface area contributed by atoms with Crippen LogP contribution >= 0.6 is 0 Å². The van der Waals surface area contributed by atoms with Gasteiger partial charge in [-0.1, -0.05) is 6.92 Å². The number of Topliss-reactive ketones (excluding diaryl/α,β-unsaturated/α-hetero) is 1. The summed E-state index contributed by atoms with van der Waals surface area (Å²) in [5.74, 6) is 0.994. The van der Waals surface area contributed by atoms with Gasteiger partial charge in [0.2, 0.25) is 0 Å². The molecular formula is C14H25NO3. The van der Waals surface area contributed by atoms with Gasteiger partial charge in [-0.05, 0) is 46.0 Å². The maximum Gasteiger partial charge on any atom is 0.410 e. The van der Waals surface area contributed by atoms with Gasteiger partial charge in [0.25, 0.3) is 0 Å². The summed E-state index contributed by atoms with van der Waals surface area (Å²) >= 11 is 0. The Morgan fingerprint density at radius 1 is 1.33 bits per heavy atom. The van der Waals surface area contributed by atoms with Crippen molar-refractivity contribution in [3.8, 4) is 0 Å². The third-order valence-electron chi connectivity index (χ3n) is 3.28. The Morgan fingerprint density at radius 2 is 1.94 bits per heavy atom. The van der Waals surface area contributed by atoms with Crippen LogP contribution in [0, 0.1) is 11.8 Å². The van der Waals surface area contributed by atoms with Gasteiger partial charge in [0.1, 0.15) is 11.4 Å². The van der Waals surface area contributed by atoms with Crippen molar-refractivity contribution in [1.82, 2.24) is 4.90 Å². The molecule has 4 nitrogen and oxygen atoms in total. The molecular weight excluding hydrogens is 230 g/mol. The van der Waals surface area contributed by atoms with E-state index in [4.69, 9.17) is 4.74 Å². The van der Waals surface area contributed by atoms with Crippen LogP contribution in [-0.4, -0.2) is 35.5 Å². The molecule has 1 fully saturated rings. The van der Waals surface area contributed by atoms with E-state index in [0.29, 0.717) is 31.3 Å². The first-order valence-corrected chi connectivity index (χ1v) is 6.66. The largest absolute Gasteiger partial charge is 0.444 e. The molecule has 0 radical (unpaired) electrons. The molecule has 4 heteroatoms. The zero-order chi connectivity index (χ0) is 13.9. The smallest absolute Gasteiger partial charge is 0.410 e. The summed E-state index contributed by atoms with van der Waals surface area (Å²) in [5, 5.41) is 0. The quantitative estimate of drug-likeness (QED) is 0.762. The van der Waals surface area contributed by atoms with Gasteiger partial charge in [-0.3, -0.25) is 0 Å². The second kappa shape index (κ2) is 5.72. The number of ketones is 1. The van der Waals surface area contributed by atoms with Gasteiger partial charge in [0.05, 0.1) is 0 Å². The van der Waals surface area contributed by atoms with Gasteiger partial charge in [-0.2, -0.15) is 0 Å². The number of rotatable bonds is 2. The maximum atomic E-state index is 11.9. The van der Waals surface area contributed by atoms with E-state index in [1.54, 1.807) is 11.8 Å². The number of hydrogen-bond acceptors (Lipinski definition) is 3. The van der Waals surface area contributed by atoms with Gasteiger partial charge in [0.15, 0.2) is 0 Å². The van der Waals surface area contributed by atoms with Gasteiger partial charge < -0.3 is 14.4 Å². The number of piperidine rings is 1. The highest BCUT2D eigenvalue weighted by atomic mass is 16.6. The third-order valence-corrected chi connectivity index (χ3v) is 3.28. The summed E-state index contributed by atoms with van der Waals surface area (Å²) in [7, 11) is 0. The number of nitrogens with zero attached hydrogens (tertiary/aromatic N) is 1. The second-order valence-corrected chi connectivity index (χ2v) is 6.36. The van der Waals surface area contributed by atoms with Crippen molar-refractivity contribution >= 4 is 11.9 Å². The highest BCUT2D eigenvalue weighted by Crippen LogP contribution is 2.27. The fourth-order valence-corrected chi connectivity index (χ4v) is 2.36. The molecule has 104 valence electrons. The lowest BCUT2D eigenvalue weighted by molar-refractivity contribution is -0.118. The first kappa shape index (κ1) is 15.0. The number of amides is 1. The topological polar surface area (TPSA) is 46.6 Å². The zero-order valence-electron chi connectivity index (χ0n) is 12.2. The van der Waals surface area contributed by atoms with Gasteiger partial charge in [0, 0.05) is 19.5 Å². The summed E-state index contributed by atoms with van der Waals surface area (Å²) in [6, 6.07) is 0. The standard InChI is InChI=1S/C14H25NO3/c1-10-9-15(13(17)18-14(3,4)5)7-6-12(10)8-11(2)16/h10,12H,6-9H2,1-5H3. The molecule has 1 heterocycles. The molecule has 0 spiro atoms. The first-order chi connectivity index (χ1) is 8.19. The van der Waals surface area contributed by atoms with Gasteiger partial charge >= 0.3 is 6.09 Å². The number of carbonyl (C=O) groups is 2. The molecule has 0 aromatic carbocycles. The Hall–Kier alpha value is -1.06. The minimum absolute atomic E-state index is 0.234. The predicted octanol–water partition coefficient (Wildman–Crippen LogP) is 2.86. The zero-order valence-corrected chi connectivity index (χ0v) is 12.2. The molecule has 0 bridgehead atoms. The highest BCUT2D eigenvalue weighted by Gasteiger charge is 2.31. The molecule has 0 aliphatic carbocycles. The molecule has 2 unspecified atom stereocenters. The number of carbonyl (C=O) groups excluding carboxylic acids is 2. The lowest BCUT2D eigenvalue weighted by atomic mass is 9.83. The molecule has 1 aliphatic heterocycles. The van der Waals surface area contributed by atoms with Gasteiger partial charge in [-0.25, -0.2) is 4.79 Å². The van der Waals surface area contributed by atoms with E-state index in [9.17, 15) is 9.59 Å². The van der Waals surface area contributed by atoms with Crippen molar-refractivity contribution < 1.29 is 14.3 Å². The number of hydrogen-bond donors (Lipinski definition) is 0. The molecule has 0 saturated carbocycles. The highest BCUT2D eigenvalue weighted by molar-refractivity contribution is 5.75. The van der Waals surface area contributed by atoms with Crippen molar-refractivity contribution in [3.63, 3.8) is 0 Å². The van der Waals surface area contributed by atoms with Crippen LogP contribution in [0.4, 0.5) is 4.79 Å². The molecule has 1 saturated heterocycles. The lowest BCUT2D eigenvalue weighted by Crippen LogP contribution is -2.45. The fourth-order valence-electron chi connectivity index (χ4n) is 2.36. The molecule has 0 aromatic rings. The molecule has 1 aliphatic rings. The maximum absolute atomic E-state index is 11.9. The van der Waals surface area contributed by atoms with Crippen LogP contribution in [0.15, 0.2) is 0 Å². The monoisotopic (exact) mass is 255 g/mol. The molecule has 0 aromatic heterocycles. The lowest BCUT2D eigenvalue weighted by Gasteiger charge is -2.37. The number of ether oxygens (including phenoxy) is 1. The van der Waals surface area contributed by atoms with Crippen LogP contribution in [0.1, 0.15) is 47.5 Å². The van der Waals surface area contributed by atoms with Crippen LogP contribution in [0.2, 0.25) is 0 Å². The number of likely N-dealkylation sites (tertiary alicyclic amines) is 1. The van der Waals surface area contributed by atoms with Crippen LogP contribution < -0.4 is 0 Å². The van der Waals surface area contributed by atoms with E-state index < -0.39 is 5.60 Å². The second-order valence-electron chi connectivity index (χ2n) is 6.36. The van der Waals surface area contributed by atoms with Crippen molar-refractivity contribution in [2.45, 2.75) is 53.1 Å². The van der Waals surface area contributed by atoms with E-state index in [1.165, 1.54) is 0 Å². The Labute approximate surface area is 110 Å². The fraction of sp³-hybridized carbons (Fsp3) is 0.857. The summed E-state index contributed by atoms with van der Waals surface area (Å²) < 4.78 is 5.36.